The summed E-state index contributed by atoms with van der Waals surface area (Å²) in [5, 5.41) is 3.15. The van der Waals surface area contributed by atoms with Gasteiger partial charge in [0, 0.05) is 6.20 Å². The predicted octanol–water partition coefficient (Wildman–Crippen LogP) is 2.12. The lowest BCUT2D eigenvalue weighted by Gasteiger charge is -2.11. The summed E-state index contributed by atoms with van der Waals surface area (Å²) >= 11 is 0. The van der Waals surface area contributed by atoms with Crippen molar-refractivity contribution in [2.75, 3.05) is 18.2 Å². The Hall–Kier alpha value is -2.30. The number of nitrogen functional groups attached to an aromatic ring is 1. The molecule has 88 valence electrons. The minimum Gasteiger partial charge on any atom is -0.495 e. The zero-order valence-corrected chi connectivity index (χ0v) is 9.77. The van der Waals surface area contributed by atoms with Crippen molar-refractivity contribution in [1.29, 1.82) is 0 Å². The molecule has 0 amide bonds. The molecule has 1 aromatic heterocycles. The van der Waals surface area contributed by atoms with E-state index in [4.69, 9.17) is 10.5 Å². The molecule has 5 heteroatoms. The zero-order chi connectivity index (χ0) is 12.3. The molecule has 2 rings (SSSR count). The van der Waals surface area contributed by atoms with Gasteiger partial charge in [0.15, 0.2) is 0 Å². The van der Waals surface area contributed by atoms with Gasteiger partial charge in [0.1, 0.15) is 11.6 Å². The number of anilines is 3. The summed E-state index contributed by atoms with van der Waals surface area (Å²) in [5.41, 5.74) is 7.51. The highest BCUT2D eigenvalue weighted by atomic mass is 16.5. The van der Waals surface area contributed by atoms with Gasteiger partial charge in [-0.1, -0.05) is 6.07 Å². The SMILES string of the molecule is COc1ccc(C)cc1Nc1ccnc(N)n1. The maximum absolute atomic E-state index is 5.52. The lowest BCUT2D eigenvalue weighted by atomic mass is 10.2. The van der Waals surface area contributed by atoms with Crippen LogP contribution in [0.15, 0.2) is 30.5 Å². The third kappa shape index (κ3) is 2.63. The molecule has 0 unspecified atom stereocenters. The minimum absolute atomic E-state index is 0.238. The first-order valence-electron chi connectivity index (χ1n) is 5.19. The first kappa shape index (κ1) is 11.2. The Balaban J connectivity index is 2.32. The van der Waals surface area contributed by atoms with Gasteiger partial charge in [-0.25, -0.2) is 4.98 Å². The first-order valence-corrected chi connectivity index (χ1v) is 5.19. The van der Waals surface area contributed by atoms with Crippen molar-refractivity contribution in [3.8, 4) is 5.75 Å². The van der Waals surface area contributed by atoms with E-state index >= 15 is 0 Å². The molecule has 2 aromatic rings. The maximum atomic E-state index is 5.52. The van der Waals surface area contributed by atoms with Crippen molar-refractivity contribution in [3.63, 3.8) is 0 Å². The van der Waals surface area contributed by atoms with E-state index in [1.165, 1.54) is 0 Å². The van der Waals surface area contributed by atoms with Crippen LogP contribution in [0.3, 0.4) is 0 Å². The number of rotatable bonds is 3. The van der Waals surface area contributed by atoms with Gasteiger partial charge in [-0.3, -0.25) is 0 Å². The van der Waals surface area contributed by atoms with Gasteiger partial charge in [-0.15, -0.1) is 0 Å². The molecular weight excluding hydrogens is 216 g/mol. The van der Waals surface area contributed by atoms with Crippen molar-refractivity contribution in [2.24, 2.45) is 0 Å². The van der Waals surface area contributed by atoms with E-state index in [0.29, 0.717) is 5.82 Å². The van der Waals surface area contributed by atoms with E-state index in [-0.39, 0.29) is 5.95 Å². The number of nitrogens with zero attached hydrogens (tertiary/aromatic N) is 2. The van der Waals surface area contributed by atoms with E-state index in [1.807, 2.05) is 25.1 Å². The fourth-order valence-corrected chi connectivity index (χ4v) is 1.50. The smallest absolute Gasteiger partial charge is 0.221 e. The molecule has 0 radical (unpaired) electrons. The summed E-state index contributed by atoms with van der Waals surface area (Å²) in [6.07, 6.45) is 1.60. The second kappa shape index (κ2) is 4.69. The quantitative estimate of drug-likeness (QED) is 0.844. The summed E-state index contributed by atoms with van der Waals surface area (Å²) in [4.78, 5) is 7.91. The second-order valence-electron chi connectivity index (χ2n) is 3.63. The van der Waals surface area contributed by atoms with E-state index in [1.54, 1.807) is 19.4 Å². The van der Waals surface area contributed by atoms with Crippen LogP contribution in [0.25, 0.3) is 0 Å². The van der Waals surface area contributed by atoms with Gasteiger partial charge < -0.3 is 15.8 Å². The van der Waals surface area contributed by atoms with Gasteiger partial charge >= 0.3 is 0 Å². The Morgan fingerprint density at radius 3 is 2.82 bits per heavy atom. The monoisotopic (exact) mass is 230 g/mol. The predicted molar refractivity (Wildman–Crippen MR) is 67.5 cm³/mol. The van der Waals surface area contributed by atoms with Crippen LogP contribution in [-0.2, 0) is 0 Å². The van der Waals surface area contributed by atoms with Crippen molar-refractivity contribution >= 4 is 17.5 Å². The van der Waals surface area contributed by atoms with Crippen LogP contribution in [0.1, 0.15) is 5.56 Å². The third-order valence-corrected chi connectivity index (χ3v) is 2.29. The highest BCUT2D eigenvalue weighted by Gasteiger charge is 2.04. The van der Waals surface area contributed by atoms with Crippen LogP contribution in [0.4, 0.5) is 17.5 Å². The molecule has 0 fully saturated rings. The van der Waals surface area contributed by atoms with Crippen LogP contribution in [0.5, 0.6) is 5.75 Å². The molecular formula is C12H14N4O. The summed E-state index contributed by atoms with van der Waals surface area (Å²) in [6.45, 7) is 2.01. The van der Waals surface area contributed by atoms with Gasteiger partial charge in [0.2, 0.25) is 5.95 Å². The van der Waals surface area contributed by atoms with Crippen LogP contribution in [0, 0.1) is 6.92 Å². The van der Waals surface area contributed by atoms with E-state index in [9.17, 15) is 0 Å². The topological polar surface area (TPSA) is 73.1 Å². The lowest BCUT2D eigenvalue weighted by Crippen LogP contribution is -2.00. The molecule has 0 saturated carbocycles. The molecule has 17 heavy (non-hydrogen) atoms. The van der Waals surface area contributed by atoms with Crippen molar-refractivity contribution in [1.82, 2.24) is 9.97 Å². The number of aromatic nitrogens is 2. The largest absolute Gasteiger partial charge is 0.495 e. The fraction of sp³-hybridized carbons (Fsp3) is 0.167. The Kier molecular flexibility index (Phi) is 3.09. The number of hydrogen-bond acceptors (Lipinski definition) is 5. The third-order valence-electron chi connectivity index (χ3n) is 2.29. The van der Waals surface area contributed by atoms with Crippen LogP contribution >= 0.6 is 0 Å². The van der Waals surface area contributed by atoms with Crippen molar-refractivity contribution < 1.29 is 4.74 Å². The number of aryl methyl sites for hydroxylation is 1. The molecule has 0 aliphatic carbocycles. The number of ether oxygens (including phenoxy) is 1. The summed E-state index contributed by atoms with van der Waals surface area (Å²) in [5.74, 6) is 1.64. The Morgan fingerprint density at radius 1 is 1.29 bits per heavy atom. The van der Waals surface area contributed by atoms with Crippen LogP contribution < -0.4 is 15.8 Å². The molecule has 0 saturated heterocycles. The number of hydrogen-bond donors (Lipinski definition) is 2. The average molecular weight is 230 g/mol. The molecule has 0 atom stereocenters. The molecule has 1 heterocycles. The fourth-order valence-electron chi connectivity index (χ4n) is 1.50. The Morgan fingerprint density at radius 2 is 2.12 bits per heavy atom. The summed E-state index contributed by atoms with van der Waals surface area (Å²) < 4.78 is 5.27. The number of methoxy groups -OCH3 is 1. The Labute approximate surface area is 99.7 Å². The first-order chi connectivity index (χ1) is 8.19. The number of nitrogens with two attached hydrogens (primary N) is 1. The van der Waals surface area contributed by atoms with Crippen molar-refractivity contribution in [2.45, 2.75) is 6.92 Å². The van der Waals surface area contributed by atoms with Crippen LogP contribution in [-0.4, -0.2) is 17.1 Å². The Bertz CT molecular complexity index is 528. The lowest BCUT2D eigenvalue weighted by molar-refractivity contribution is 0.416. The highest BCUT2D eigenvalue weighted by Crippen LogP contribution is 2.27. The molecule has 0 bridgehead atoms. The van der Waals surface area contributed by atoms with E-state index in [0.717, 1.165) is 17.0 Å². The second-order valence-corrected chi connectivity index (χ2v) is 3.63. The zero-order valence-electron chi connectivity index (χ0n) is 9.77. The van der Waals surface area contributed by atoms with Gasteiger partial charge in [-0.2, -0.15) is 4.98 Å². The minimum atomic E-state index is 0.238. The molecule has 0 spiro atoms. The average Bonchev–Trinajstić information content (AvgIpc) is 2.29. The molecule has 5 nitrogen and oxygen atoms in total. The van der Waals surface area contributed by atoms with Gasteiger partial charge in [-0.05, 0) is 30.7 Å². The molecule has 1 aromatic carbocycles. The van der Waals surface area contributed by atoms with Gasteiger partial charge in [0.25, 0.3) is 0 Å². The van der Waals surface area contributed by atoms with E-state index < -0.39 is 0 Å². The summed E-state index contributed by atoms with van der Waals surface area (Å²) in [7, 11) is 1.63. The highest BCUT2D eigenvalue weighted by molar-refractivity contribution is 5.65. The van der Waals surface area contributed by atoms with E-state index in [2.05, 4.69) is 15.3 Å². The number of nitrogens with one attached hydrogen (secondary N) is 1. The van der Waals surface area contributed by atoms with Crippen LogP contribution in [0.2, 0.25) is 0 Å². The van der Waals surface area contributed by atoms with Crippen molar-refractivity contribution in [3.05, 3.63) is 36.0 Å². The molecule has 3 N–H and O–H groups in total. The van der Waals surface area contributed by atoms with Gasteiger partial charge in [0.05, 0.1) is 12.8 Å². The molecule has 0 aliphatic heterocycles. The maximum Gasteiger partial charge on any atom is 0.221 e. The number of benzene rings is 1. The standard InChI is InChI=1S/C12H14N4O/c1-8-3-4-10(17-2)9(7-8)15-11-5-6-14-12(13)16-11/h3-7H,1-2H3,(H3,13,14,15,16). The summed E-state index contributed by atoms with van der Waals surface area (Å²) in [6, 6.07) is 7.62. The molecule has 0 aliphatic rings. The normalized spacial score (nSPS) is 10.0.